The summed E-state index contributed by atoms with van der Waals surface area (Å²) in [5.74, 6) is -1.12. The molecule has 0 saturated carbocycles. The van der Waals surface area contributed by atoms with Crippen molar-refractivity contribution in [1.82, 2.24) is 25.0 Å². The smallest absolute Gasteiger partial charge is 0.337 e. The van der Waals surface area contributed by atoms with Crippen molar-refractivity contribution in [2.45, 2.75) is 26.3 Å². The van der Waals surface area contributed by atoms with Gasteiger partial charge in [0.25, 0.3) is 0 Å². The minimum absolute atomic E-state index is 0.214. The summed E-state index contributed by atoms with van der Waals surface area (Å²) in [7, 11) is 1.27. The minimum Gasteiger partial charge on any atom is -0.466 e. The van der Waals surface area contributed by atoms with Crippen molar-refractivity contribution >= 4 is 12.0 Å². The van der Waals surface area contributed by atoms with Gasteiger partial charge in [-0.3, -0.25) is 4.90 Å². The Labute approximate surface area is 155 Å². The molecule has 0 bridgehead atoms. The average molecular weight is 373 g/mol. The summed E-state index contributed by atoms with van der Waals surface area (Å²) in [6.45, 7) is 4.08. The predicted molar refractivity (Wildman–Crippen MR) is 94.3 cm³/mol. The monoisotopic (exact) mass is 373 g/mol. The zero-order valence-corrected chi connectivity index (χ0v) is 15.3. The third-order valence-corrected chi connectivity index (χ3v) is 4.42. The SMILES string of the molecule is CCCN1C(=O)N[C@H](c2ccc(-n3cncn3)c(F)c2)C(C(=O)OC)=C1C. The molecule has 0 unspecified atom stereocenters. The molecule has 0 aliphatic carbocycles. The topological polar surface area (TPSA) is 89.4 Å². The van der Waals surface area contributed by atoms with E-state index >= 15 is 0 Å². The highest BCUT2D eigenvalue weighted by Crippen LogP contribution is 2.32. The van der Waals surface area contributed by atoms with Gasteiger partial charge in [-0.15, -0.1) is 0 Å². The molecule has 3 rings (SSSR count). The van der Waals surface area contributed by atoms with Gasteiger partial charge >= 0.3 is 12.0 Å². The lowest BCUT2D eigenvalue weighted by Crippen LogP contribution is -2.48. The second kappa shape index (κ2) is 7.56. The van der Waals surface area contributed by atoms with E-state index in [2.05, 4.69) is 15.4 Å². The fourth-order valence-corrected chi connectivity index (χ4v) is 3.12. The van der Waals surface area contributed by atoms with E-state index in [1.54, 1.807) is 13.0 Å². The summed E-state index contributed by atoms with van der Waals surface area (Å²) < 4.78 is 20.8. The van der Waals surface area contributed by atoms with Crippen molar-refractivity contribution in [1.29, 1.82) is 0 Å². The van der Waals surface area contributed by atoms with E-state index in [0.29, 0.717) is 17.8 Å². The number of allylic oxidation sites excluding steroid dienone is 1. The number of benzene rings is 1. The van der Waals surface area contributed by atoms with Crippen LogP contribution in [-0.4, -0.2) is 45.3 Å². The lowest BCUT2D eigenvalue weighted by Gasteiger charge is -2.35. The van der Waals surface area contributed by atoms with E-state index < -0.39 is 17.8 Å². The fourth-order valence-electron chi connectivity index (χ4n) is 3.12. The molecular weight excluding hydrogens is 353 g/mol. The van der Waals surface area contributed by atoms with Gasteiger partial charge in [-0.2, -0.15) is 5.10 Å². The van der Waals surface area contributed by atoms with Crippen molar-refractivity contribution in [3.63, 3.8) is 0 Å². The summed E-state index contributed by atoms with van der Waals surface area (Å²) >= 11 is 0. The second-order valence-corrected chi connectivity index (χ2v) is 6.08. The van der Waals surface area contributed by atoms with Crippen LogP contribution in [0.4, 0.5) is 9.18 Å². The molecule has 27 heavy (non-hydrogen) atoms. The molecule has 1 aliphatic rings. The maximum atomic E-state index is 14.6. The van der Waals surface area contributed by atoms with Crippen LogP contribution in [0.3, 0.4) is 0 Å². The van der Waals surface area contributed by atoms with Crippen LogP contribution >= 0.6 is 0 Å². The Morgan fingerprint density at radius 1 is 1.41 bits per heavy atom. The number of nitrogens with one attached hydrogen (secondary N) is 1. The van der Waals surface area contributed by atoms with E-state index in [4.69, 9.17) is 4.74 Å². The Morgan fingerprint density at radius 2 is 2.19 bits per heavy atom. The van der Waals surface area contributed by atoms with Crippen molar-refractivity contribution in [2.75, 3.05) is 13.7 Å². The molecule has 1 aliphatic heterocycles. The van der Waals surface area contributed by atoms with E-state index in [1.165, 1.54) is 41.5 Å². The van der Waals surface area contributed by atoms with Crippen molar-refractivity contribution in [3.05, 3.63) is 53.5 Å². The maximum Gasteiger partial charge on any atom is 0.337 e. The van der Waals surface area contributed by atoms with Crippen LogP contribution in [-0.2, 0) is 9.53 Å². The highest BCUT2D eigenvalue weighted by atomic mass is 19.1. The third-order valence-electron chi connectivity index (χ3n) is 4.42. The Hall–Kier alpha value is -3.23. The number of urea groups is 1. The molecule has 9 heteroatoms. The molecular formula is C18H20FN5O3. The number of amides is 2. The Balaban J connectivity index is 2.05. The number of ether oxygens (including phenoxy) is 1. The molecule has 1 aromatic heterocycles. The fraction of sp³-hybridized carbons (Fsp3) is 0.333. The van der Waals surface area contributed by atoms with Crippen LogP contribution in [0, 0.1) is 5.82 Å². The molecule has 0 radical (unpaired) electrons. The lowest BCUT2D eigenvalue weighted by atomic mass is 9.94. The molecule has 2 heterocycles. The number of esters is 1. The van der Waals surface area contributed by atoms with Crippen molar-refractivity contribution in [3.8, 4) is 5.69 Å². The molecule has 1 aromatic carbocycles. The van der Waals surface area contributed by atoms with Gasteiger partial charge in [0.15, 0.2) is 0 Å². The quantitative estimate of drug-likeness (QED) is 0.813. The molecule has 2 aromatic rings. The van der Waals surface area contributed by atoms with Crippen LogP contribution in [0.1, 0.15) is 31.9 Å². The molecule has 0 spiro atoms. The Morgan fingerprint density at radius 3 is 2.78 bits per heavy atom. The van der Waals surface area contributed by atoms with Crippen LogP contribution in [0.5, 0.6) is 0 Å². The second-order valence-electron chi connectivity index (χ2n) is 6.08. The van der Waals surface area contributed by atoms with Gasteiger partial charge in [0, 0.05) is 12.2 Å². The predicted octanol–water partition coefficient (Wildman–Crippen LogP) is 2.33. The van der Waals surface area contributed by atoms with Crippen molar-refractivity contribution < 1.29 is 18.7 Å². The van der Waals surface area contributed by atoms with Crippen LogP contribution in [0.2, 0.25) is 0 Å². The largest absolute Gasteiger partial charge is 0.466 e. The number of carbonyl (C=O) groups excluding carboxylic acids is 2. The lowest BCUT2D eigenvalue weighted by molar-refractivity contribution is -0.136. The molecule has 0 saturated heterocycles. The molecule has 1 N–H and O–H groups in total. The zero-order chi connectivity index (χ0) is 19.6. The highest BCUT2D eigenvalue weighted by Gasteiger charge is 2.36. The minimum atomic E-state index is -0.808. The zero-order valence-electron chi connectivity index (χ0n) is 15.3. The molecule has 2 amide bonds. The first-order chi connectivity index (χ1) is 13.0. The number of aromatic nitrogens is 3. The Bertz CT molecular complexity index is 894. The molecule has 0 fully saturated rings. The average Bonchev–Trinajstić information content (AvgIpc) is 3.18. The number of hydrogen-bond donors (Lipinski definition) is 1. The summed E-state index contributed by atoms with van der Waals surface area (Å²) in [4.78, 5) is 30.2. The summed E-state index contributed by atoms with van der Waals surface area (Å²) in [6, 6.07) is 3.28. The first-order valence-electron chi connectivity index (χ1n) is 8.49. The summed E-state index contributed by atoms with van der Waals surface area (Å²) in [6.07, 6.45) is 3.41. The van der Waals surface area contributed by atoms with Gasteiger partial charge in [0.05, 0.1) is 18.7 Å². The number of rotatable bonds is 5. The van der Waals surface area contributed by atoms with E-state index in [9.17, 15) is 14.0 Å². The van der Waals surface area contributed by atoms with Gasteiger partial charge < -0.3 is 10.1 Å². The maximum absolute atomic E-state index is 14.6. The first kappa shape index (κ1) is 18.6. The molecule has 142 valence electrons. The standard InChI is InChI=1S/C18H20FN5O3/c1-4-7-23-11(2)15(17(25)27-3)16(22-18(23)26)12-5-6-14(13(19)8-12)24-10-20-9-21-24/h5-6,8-10,16H,4,7H2,1-3H3,(H,22,26)/t16-/m1/s1. The Kier molecular flexibility index (Phi) is 5.20. The number of halogens is 1. The number of methoxy groups -OCH3 is 1. The molecule has 8 nitrogen and oxygen atoms in total. The third kappa shape index (κ3) is 3.40. The van der Waals surface area contributed by atoms with E-state index in [0.717, 1.165) is 6.42 Å². The van der Waals surface area contributed by atoms with Gasteiger partial charge in [-0.25, -0.2) is 23.6 Å². The van der Waals surface area contributed by atoms with Crippen molar-refractivity contribution in [2.24, 2.45) is 0 Å². The summed E-state index contributed by atoms with van der Waals surface area (Å²) in [5.41, 5.74) is 1.42. The van der Waals surface area contributed by atoms with Gasteiger partial charge in [-0.05, 0) is 31.0 Å². The number of nitrogens with zero attached hydrogens (tertiary/aromatic N) is 4. The molecule has 1 atom stereocenters. The first-order valence-corrected chi connectivity index (χ1v) is 8.49. The highest BCUT2D eigenvalue weighted by molar-refractivity contribution is 5.95. The van der Waals surface area contributed by atoms with E-state index in [1.807, 2.05) is 6.92 Å². The van der Waals surface area contributed by atoms with Gasteiger partial charge in [-0.1, -0.05) is 13.0 Å². The van der Waals surface area contributed by atoms with Gasteiger partial charge in [0.1, 0.15) is 24.2 Å². The van der Waals surface area contributed by atoms with E-state index in [-0.39, 0.29) is 17.3 Å². The van der Waals surface area contributed by atoms with Crippen LogP contribution in [0.25, 0.3) is 5.69 Å². The normalized spacial score (nSPS) is 17.1. The van der Waals surface area contributed by atoms with Crippen LogP contribution in [0.15, 0.2) is 42.1 Å². The summed E-state index contributed by atoms with van der Waals surface area (Å²) in [5, 5.41) is 6.68. The van der Waals surface area contributed by atoms with Gasteiger partial charge in [0.2, 0.25) is 0 Å². The van der Waals surface area contributed by atoms with Crippen LogP contribution < -0.4 is 5.32 Å². The number of hydrogen-bond acceptors (Lipinski definition) is 5. The number of carbonyl (C=O) groups is 2.